The summed E-state index contributed by atoms with van der Waals surface area (Å²) in [6.45, 7) is 2.08. The number of para-hydroxylation sites is 1. The first-order valence-electron chi connectivity index (χ1n) is 5.98. The van der Waals surface area contributed by atoms with E-state index in [1.165, 1.54) is 22.2 Å². The van der Waals surface area contributed by atoms with Gasteiger partial charge in [-0.25, -0.2) is 0 Å². The van der Waals surface area contributed by atoms with Gasteiger partial charge in [-0.2, -0.15) is 11.8 Å². The molecule has 1 aromatic heterocycles. The van der Waals surface area contributed by atoms with Gasteiger partial charge in [-0.05, 0) is 37.3 Å². The number of thioether (sulfide) groups is 1. The SMILES string of the molecule is CSCCNC[CH]Cc1c[nH]c2ccccc12. The van der Waals surface area contributed by atoms with Gasteiger partial charge in [0, 0.05) is 29.4 Å². The van der Waals surface area contributed by atoms with Crippen LogP contribution in [-0.4, -0.2) is 30.1 Å². The zero-order valence-electron chi connectivity index (χ0n) is 10.2. The van der Waals surface area contributed by atoms with Crippen LogP contribution < -0.4 is 5.32 Å². The van der Waals surface area contributed by atoms with E-state index in [4.69, 9.17) is 0 Å². The first-order chi connectivity index (χ1) is 8.42. The fraction of sp³-hybridized carbons (Fsp3) is 0.357. The monoisotopic (exact) mass is 247 g/mol. The average molecular weight is 247 g/mol. The number of nitrogens with one attached hydrogen (secondary N) is 2. The first kappa shape index (κ1) is 12.5. The van der Waals surface area contributed by atoms with Crippen molar-refractivity contribution in [3.05, 3.63) is 42.4 Å². The molecule has 0 aliphatic carbocycles. The molecule has 0 aliphatic heterocycles. The van der Waals surface area contributed by atoms with Crippen LogP contribution in [0.3, 0.4) is 0 Å². The van der Waals surface area contributed by atoms with Crippen molar-refractivity contribution >= 4 is 22.7 Å². The van der Waals surface area contributed by atoms with Crippen LogP contribution in [0.5, 0.6) is 0 Å². The van der Waals surface area contributed by atoms with Crippen LogP contribution in [0.15, 0.2) is 30.5 Å². The van der Waals surface area contributed by atoms with E-state index >= 15 is 0 Å². The highest BCUT2D eigenvalue weighted by molar-refractivity contribution is 7.98. The van der Waals surface area contributed by atoms with Crippen LogP contribution in [0, 0.1) is 6.42 Å². The summed E-state index contributed by atoms with van der Waals surface area (Å²) in [4.78, 5) is 3.31. The number of aromatic amines is 1. The maximum absolute atomic E-state index is 3.41. The molecule has 0 saturated heterocycles. The molecule has 3 heteroatoms. The molecule has 1 aromatic carbocycles. The van der Waals surface area contributed by atoms with Crippen LogP contribution >= 0.6 is 11.8 Å². The number of rotatable bonds is 7. The molecule has 1 radical (unpaired) electrons. The van der Waals surface area contributed by atoms with Crippen molar-refractivity contribution in [1.29, 1.82) is 0 Å². The summed E-state index contributed by atoms with van der Waals surface area (Å²) < 4.78 is 0. The van der Waals surface area contributed by atoms with Gasteiger partial charge in [0.15, 0.2) is 0 Å². The van der Waals surface area contributed by atoms with Crippen molar-refractivity contribution in [3.63, 3.8) is 0 Å². The Morgan fingerprint density at radius 2 is 2.24 bits per heavy atom. The van der Waals surface area contributed by atoms with Crippen molar-refractivity contribution in [2.45, 2.75) is 6.42 Å². The van der Waals surface area contributed by atoms with Crippen LogP contribution in [-0.2, 0) is 6.42 Å². The Labute approximate surface area is 107 Å². The largest absolute Gasteiger partial charge is 0.361 e. The quantitative estimate of drug-likeness (QED) is 0.736. The summed E-state index contributed by atoms with van der Waals surface area (Å²) in [6.07, 6.45) is 7.58. The van der Waals surface area contributed by atoms with Gasteiger partial charge in [-0.15, -0.1) is 0 Å². The Kier molecular flexibility index (Phi) is 4.95. The molecule has 91 valence electrons. The summed E-state index contributed by atoms with van der Waals surface area (Å²) in [7, 11) is 0. The molecule has 0 saturated carbocycles. The van der Waals surface area contributed by atoms with Gasteiger partial charge >= 0.3 is 0 Å². The molecule has 2 rings (SSSR count). The van der Waals surface area contributed by atoms with E-state index in [-0.39, 0.29) is 0 Å². The fourth-order valence-corrected chi connectivity index (χ4v) is 2.25. The Balaban J connectivity index is 1.79. The lowest BCUT2D eigenvalue weighted by Crippen LogP contribution is -2.19. The lowest BCUT2D eigenvalue weighted by atomic mass is 10.1. The molecule has 0 spiro atoms. The first-order valence-corrected chi connectivity index (χ1v) is 7.37. The second-order valence-electron chi connectivity index (χ2n) is 4.05. The van der Waals surface area contributed by atoms with Crippen molar-refractivity contribution in [3.8, 4) is 0 Å². The highest BCUT2D eigenvalue weighted by atomic mass is 32.2. The topological polar surface area (TPSA) is 27.8 Å². The van der Waals surface area contributed by atoms with E-state index in [1.807, 2.05) is 11.8 Å². The highest BCUT2D eigenvalue weighted by Crippen LogP contribution is 2.18. The van der Waals surface area contributed by atoms with Gasteiger partial charge in [0.05, 0.1) is 0 Å². The molecule has 0 atom stereocenters. The highest BCUT2D eigenvalue weighted by Gasteiger charge is 2.01. The van der Waals surface area contributed by atoms with Crippen molar-refractivity contribution in [1.82, 2.24) is 10.3 Å². The second kappa shape index (κ2) is 6.72. The lowest BCUT2D eigenvalue weighted by Gasteiger charge is -2.02. The summed E-state index contributed by atoms with van der Waals surface area (Å²) in [5.74, 6) is 1.18. The van der Waals surface area contributed by atoms with Crippen molar-refractivity contribution < 1.29 is 0 Å². The zero-order chi connectivity index (χ0) is 11.9. The predicted octanol–water partition coefficient (Wildman–Crippen LogP) is 2.87. The third-order valence-corrected chi connectivity index (χ3v) is 3.42. The van der Waals surface area contributed by atoms with E-state index in [0.29, 0.717) is 0 Å². The molecule has 1 heterocycles. The molecule has 2 nitrogen and oxygen atoms in total. The molecule has 0 aliphatic rings. The average Bonchev–Trinajstić information content (AvgIpc) is 2.77. The van der Waals surface area contributed by atoms with Gasteiger partial charge in [-0.3, -0.25) is 0 Å². The van der Waals surface area contributed by atoms with Crippen LogP contribution in [0.1, 0.15) is 5.56 Å². The smallest absolute Gasteiger partial charge is 0.0456 e. The Morgan fingerprint density at radius 3 is 3.12 bits per heavy atom. The molecule has 0 fully saturated rings. The molecular formula is C14H19N2S. The van der Waals surface area contributed by atoms with E-state index in [0.717, 1.165) is 19.5 Å². The molecule has 17 heavy (non-hydrogen) atoms. The van der Waals surface area contributed by atoms with E-state index in [1.54, 1.807) is 0 Å². The Bertz CT molecular complexity index is 450. The summed E-state index contributed by atoms with van der Waals surface area (Å²) in [5.41, 5.74) is 2.61. The lowest BCUT2D eigenvalue weighted by molar-refractivity contribution is 0.765. The Hall–Kier alpha value is -0.930. The zero-order valence-corrected chi connectivity index (χ0v) is 11.0. The molecule has 0 bridgehead atoms. The number of aromatic nitrogens is 1. The minimum atomic E-state index is 0.986. The number of hydrogen-bond acceptors (Lipinski definition) is 2. The summed E-state index contributed by atoms with van der Waals surface area (Å²) in [6, 6.07) is 8.46. The normalized spacial score (nSPS) is 11.1. The van der Waals surface area contributed by atoms with Crippen LogP contribution in [0.25, 0.3) is 10.9 Å². The third-order valence-electron chi connectivity index (χ3n) is 2.81. The predicted molar refractivity (Wildman–Crippen MR) is 77.6 cm³/mol. The fourth-order valence-electron chi connectivity index (χ4n) is 1.91. The van der Waals surface area contributed by atoms with E-state index in [9.17, 15) is 0 Å². The van der Waals surface area contributed by atoms with Gasteiger partial charge in [0.1, 0.15) is 0 Å². The number of hydrogen-bond donors (Lipinski definition) is 2. The number of H-pyrrole nitrogens is 1. The van der Waals surface area contributed by atoms with Gasteiger partial charge in [0.2, 0.25) is 0 Å². The molecular weight excluding hydrogens is 228 g/mol. The standard InChI is InChI=1S/C14H19N2S/c1-17-10-9-15-8-4-5-12-11-16-14-7-3-2-6-13(12)14/h2-4,6-7,11,15-16H,5,8-10H2,1H3. The maximum atomic E-state index is 3.41. The molecule has 2 aromatic rings. The summed E-state index contributed by atoms with van der Waals surface area (Å²) in [5, 5.41) is 4.75. The number of fused-ring (bicyclic) bond motifs is 1. The molecule has 0 unspecified atom stereocenters. The third kappa shape index (κ3) is 3.51. The minimum absolute atomic E-state index is 0.986. The maximum Gasteiger partial charge on any atom is 0.0456 e. The molecule has 0 amide bonds. The summed E-state index contributed by atoms with van der Waals surface area (Å²) >= 11 is 1.88. The van der Waals surface area contributed by atoms with Crippen LogP contribution in [0.2, 0.25) is 0 Å². The van der Waals surface area contributed by atoms with Gasteiger partial charge in [-0.1, -0.05) is 18.2 Å². The van der Waals surface area contributed by atoms with Crippen LogP contribution in [0.4, 0.5) is 0 Å². The minimum Gasteiger partial charge on any atom is -0.361 e. The van der Waals surface area contributed by atoms with Crippen molar-refractivity contribution in [2.24, 2.45) is 0 Å². The molecule has 2 N–H and O–H groups in total. The van der Waals surface area contributed by atoms with E-state index < -0.39 is 0 Å². The Morgan fingerprint density at radius 1 is 1.35 bits per heavy atom. The number of benzene rings is 1. The van der Waals surface area contributed by atoms with Gasteiger partial charge in [0.25, 0.3) is 0 Å². The van der Waals surface area contributed by atoms with Gasteiger partial charge < -0.3 is 10.3 Å². The van der Waals surface area contributed by atoms with E-state index in [2.05, 4.69) is 53.4 Å². The second-order valence-corrected chi connectivity index (χ2v) is 5.03. The van der Waals surface area contributed by atoms with Crippen molar-refractivity contribution in [2.75, 3.05) is 25.1 Å².